The second-order valence-corrected chi connectivity index (χ2v) is 1.49. The fraction of sp³-hybridized carbons (Fsp3) is 0.600. The largest absolute Gasteiger partial charge is 0.0935 e. The van der Waals surface area contributed by atoms with E-state index in [0.717, 1.165) is 12.8 Å². The highest BCUT2D eigenvalue weighted by atomic mass is 32.1. The van der Waals surface area contributed by atoms with Crippen LogP contribution in [-0.4, -0.2) is 5.37 Å². The van der Waals surface area contributed by atoms with Crippen molar-refractivity contribution >= 4 is 17.6 Å². The molecular weight excluding hydrogens is 92.1 g/mol. The third-order valence-corrected chi connectivity index (χ3v) is 0.809. The molecule has 1 radical (unpaired) electrons. The molecule has 0 aliphatic carbocycles. The van der Waals surface area contributed by atoms with Crippen molar-refractivity contribution in [3.8, 4) is 0 Å². The highest BCUT2D eigenvalue weighted by Crippen LogP contribution is 1.86. The maximum absolute atomic E-state index is 4.57. The van der Waals surface area contributed by atoms with Crippen molar-refractivity contribution in [3.63, 3.8) is 0 Å². The molecule has 0 heterocycles. The second kappa shape index (κ2) is 5.09. The van der Waals surface area contributed by atoms with Crippen molar-refractivity contribution in [3.05, 3.63) is 6.42 Å². The van der Waals surface area contributed by atoms with Gasteiger partial charge >= 0.3 is 0 Å². The van der Waals surface area contributed by atoms with E-state index in [9.17, 15) is 0 Å². The molecule has 0 bridgehead atoms. The Bertz CT molecular complexity index is 32.9. The lowest BCUT2D eigenvalue weighted by molar-refractivity contribution is 1.03. The molecule has 6 heavy (non-hydrogen) atoms. The fourth-order valence-electron chi connectivity index (χ4n) is 0.235. The Morgan fingerprint density at radius 2 is 2.17 bits per heavy atom. The van der Waals surface area contributed by atoms with Gasteiger partial charge in [0.05, 0.1) is 0 Å². The molecule has 0 unspecified atom stereocenters. The van der Waals surface area contributed by atoms with Gasteiger partial charge in [0, 0.05) is 0 Å². The summed E-state index contributed by atoms with van der Waals surface area (Å²) in [6.07, 6.45) is 4.29. The average Bonchev–Trinajstić information content (AvgIpc) is 1.61. The van der Waals surface area contributed by atoms with E-state index in [2.05, 4.69) is 18.6 Å². The van der Waals surface area contributed by atoms with Gasteiger partial charge in [0.1, 0.15) is 0 Å². The van der Waals surface area contributed by atoms with Gasteiger partial charge in [0.2, 0.25) is 0 Å². The van der Waals surface area contributed by atoms with Crippen LogP contribution in [0.5, 0.6) is 0 Å². The van der Waals surface area contributed by atoms with E-state index in [-0.39, 0.29) is 0 Å². The maximum atomic E-state index is 4.57. The van der Waals surface area contributed by atoms with E-state index < -0.39 is 0 Å². The summed E-state index contributed by atoms with van der Waals surface area (Å²) < 4.78 is 0. The zero-order valence-electron chi connectivity index (χ0n) is 3.98. The maximum Gasteiger partial charge on any atom is -0.0210 e. The first-order valence-electron chi connectivity index (χ1n) is 2.13. The van der Waals surface area contributed by atoms with E-state index in [1.54, 1.807) is 5.37 Å². The van der Waals surface area contributed by atoms with Crippen molar-refractivity contribution < 1.29 is 0 Å². The third kappa shape index (κ3) is 4.09. The molecule has 0 aromatic rings. The van der Waals surface area contributed by atoms with Gasteiger partial charge in [0.15, 0.2) is 0 Å². The molecule has 0 saturated carbocycles. The summed E-state index contributed by atoms with van der Waals surface area (Å²) in [6, 6.07) is 0. The lowest BCUT2D eigenvalue weighted by Gasteiger charge is -1.80. The quantitative estimate of drug-likeness (QED) is 0.387. The molecule has 0 aromatic heterocycles. The number of hydrogen-bond acceptors (Lipinski definition) is 1. The lowest BCUT2D eigenvalue weighted by atomic mass is 10.3. The Morgan fingerprint density at radius 3 is 2.33 bits per heavy atom. The summed E-state index contributed by atoms with van der Waals surface area (Å²) in [7, 11) is 0. The molecule has 0 aromatic carbocycles. The van der Waals surface area contributed by atoms with E-state index in [0.29, 0.717) is 0 Å². The van der Waals surface area contributed by atoms with Crippen molar-refractivity contribution in [1.29, 1.82) is 0 Å². The van der Waals surface area contributed by atoms with Gasteiger partial charge in [-0.1, -0.05) is 19.1 Å². The summed E-state index contributed by atoms with van der Waals surface area (Å²) in [5.41, 5.74) is 0. The topological polar surface area (TPSA) is 0 Å². The number of rotatable bonds is 3. The molecule has 0 N–H and O–H groups in total. The number of unbranched alkanes of at least 4 members (excludes halogenated alkanes) is 2. The van der Waals surface area contributed by atoms with Crippen molar-refractivity contribution in [2.24, 2.45) is 0 Å². The van der Waals surface area contributed by atoms with Crippen LogP contribution in [0.25, 0.3) is 0 Å². The van der Waals surface area contributed by atoms with Gasteiger partial charge < -0.3 is 0 Å². The van der Waals surface area contributed by atoms with Crippen LogP contribution in [-0.2, 0) is 0 Å². The fourth-order valence-corrected chi connectivity index (χ4v) is 0.371. The molecule has 35 valence electrons. The van der Waals surface area contributed by atoms with Gasteiger partial charge in [-0.2, -0.15) is 0 Å². The molecule has 0 aliphatic rings. The van der Waals surface area contributed by atoms with Gasteiger partial charge in [-0.15, -0.1) is 0 Å². The SMILES string of the molecule is C[CH]CCC=S. The molecule has 0 aliphatic heterocycles. The molecule has 0 fully saturated rings. The Morgan fingerprint density at radius 1 is 1.50 bits per heavy atom. The molecule has 0 amide bonds. The normalized spacial score (nSPS) is 8.17. The van der Waals surface area contributed by atoms with Gasteiger partial charge in [-0.05, 0) is 24.6 Å². The van der Waals surface area contributed by atoms with Gasteiger partial charge in [-0.25, -0.2) is 0 Å². The minimum Gasteiger partial charge on any atom is -0.0935 e. The van der Waals surface area contributed by atoms with Crippen molar-refractivity contribution in [2.45, 2.75) is 19.8 Å². The number of hydrogen-bond donors (Lipinski definition) is 0. The lowest BCUT2D eigenvalue weighted by Crippen LogP contribution is -1.68. The summed E-state index contributed by atoms with van der Waals surface area (Å²) >= 11 is 4.57. The van der Waals surface area contributed by atoms with Crippen LogP contribution in [0.4, 0.5) is 0 Å². The summed E-state index contributed by atoms with van der Waals surface area (Å²) in [5.74, 6) is 0. The molecule has 0 rings (SSSR count). The van der Waals surface area contributed by atoms with Crippen LogP contribution in [0.3, 0.4) is 0 Å². The molecule has 0 saturated heterocycles. The van der Waals surface area contributed by atoms with Crippen LogP contribution in [0.15, 0.2) is 0 Å². The van der Waals surface area contributed by atoms with Gasteiger partial charge in [0.25, 0.3) is 0 Å². The predicted octanol–water partition coefficient (Wildman–Crippen LogP) is 1.99. The first-order chi connectivity index (χ1) is 2.91. The first kappa shape index (κ1) is 6.09. The molecular formula is C5H9S. The highest BCUT2D eigenvalue weighted by molar-refractivity contribution is 7.78. The Kier molecular flexibility index (Phi) is 5.17. The predicted molar refractivity (Wildman–Crippen MR) is 32.9 cm³/mol. The average molecular weight is 101 g/mol. The van der Waals surface area contributed by atoms with Crippen LogP contribution in [0.1, 0.15) is 19.8 Å². The standard InChI is InChI=1S/C5H9S/c1-2-3-4-5-6/h2,5H,3-4H2,1H3. The van der Waals surface area contributed by atoms with Gasteiger partial charge in [-0.3, -0.25) is 0 Å². The molecule has 0 spiro atoms. The summed E-state index contributed by atoms with van der Waals surface area (Å²) in [5, 5.41) is 1.76. The molecule has 0 atom stereocenters. The molecule has 1 heteroatoms. The summed E-state index contributed by atoms with van der Waals surface area (Å²) in [4.78, 5) is 0. The Balaban J connectivity index is 2.49. The van der Waals surface area contributed by atoms with E-state index in [1.807, 2.05) is 6.92 Å². The second-order valence-electron chi connectivity index (χ2n) is 1.15. The molecule has 0 nitrogen and oxygen atoms in total. The minimum atomic E-state index is 1.05. The van der Waals surface area contributed by atoms with Crippen LogP contribution in [0, 0.1) is 6.42 Å². The first-order valence-corrected chi connectivity index (χ1v) is 2.60. The van der Waals surface area contributed by atoms with E-state index in [1.165, 1.54) is 0 Å². The van der Waals surface area contributed by atoms with Crippen LogP contribution in [0.2, 0.25) is 0 Å². The van der Waals surface area contributed by atoms with Crippen molar-refractivity contribution in [1.82, 2.24) is 0 Å². The van der Waals surface area contributed by atoms with Crippen LogP contribution >= 0.6 is 12.2 Å². The third-order valence-electron chi connectivity index (χ3n) is 0.573. The highest BCUT2D eigenvalue weighted by Gasteiger charge is 1.73. The number of thiocarbonyl (C=S) groups is 1. The van der Waals surface area contributed by atoms with Crippen LogP contribution < -0.4 is 0 Å². The minimum absolute atomic E-state index is 1.05. The summed E-state index contributed by atoms with van der Waals surface area (Å²) in [6.45, 7) is 2.04. The Hall–Kier alpha value is 0.0900. The zero-order chi connectivity index (χ0) is 4.83. The van der Waals surface area contributed by atoms with E-state index >= 15 is 0 Å². The zero-order valence-corrected chi connectivity index (χ0v) is 4.79. The smallest absolute Gasteiger partial charge is 0.0210 e. The monoisotopic (exact) mass is 101 g/mol. The van der Waals surface area contributed by atoms with E-state index in [4.69, 9.17) is 0 Å². The van der Waals surface area contributed by atoms with Crippen molar-refractivity contribution in [2.75, 3.05) is 0 Å². The Labute approximate surface area is 44.6 Å².